The highest BCUT2D eigenvalue weighted by molar-refractivity contribution is 7.98. The molecule has 0 atom stereocenters. The predicted molar refractivity (Wildman–Crippen MR) is 123 cm³/mol. The van der Waals surface area contributed by atoms with E-state index < -0.39 is 15.8 Å². The number of amides is 1. The Balaban J connectivity index is 1.44. The van der Waals surface area contributed by atoms with Gasteiger partial charge in [0, 0.05) is 42.4 Å². The summed E-state index contributed by atoms with van der Waals surface area (Å²) in [6.07, 6.45) is 0. The maximum Gasteiger partial charge on any atom is 0.255 e. The van der Waals surface area contributed by atoms with Crippen molar-refractivity contribution in [3.8, 4) is 0 Å². The summed E-state index contributed by atoms with van der Waals surface area (Å²) in [5.41, 5.74) is 2.42. The quantitative estimate of drug-likeness (QED) is 0.489. The van der Waals surface area contributed by atoms with Gasteiger partial charge in [0.2, 0.25) is 10.0 Å². The second-order valence-electron chi connectivity index (χ2n) is 7.74. The average Bonchev–Trinajstić information content (AvgIpc) is 3.14. The van der Waals surface area contributed by atoms with E-state index in [1.54, 1.807) is 11.0 Å². The number of rotatable bonds is 6. The van der Waals surface area contributed by atoms with Crippen molar-refractivity contribution < 1.29 is 22.1 Å². The summed E-state index contributed by atoms with van der Waals surface area (Å²) in [7, 11) is -3.81. The topological polar surface area (TPSA) is 83.7 Å². The molecule has 1 amide bonds. The van der Waals surface area contributed by atoms with E-state index in [4.69, 9.17) is 4.52 Å². The Morgan fingerprint density at radius 1 is 1.09 bits per heavy atom. The molecule has 1 saturated heterocycles. The number of aromatic nitrogens is 1. The van der Waals surface area contributed by atoms with Crippen molar-refractivity contribution in [3.63, 3.8) is 0 Å². The van der Waals surface area contributed by atoms with Gasteiger partial charge in [-0.05, 0) is 44.2 Å². The van der Waals surface area contributed by atoms with Crippen LogP contribution < -0.4 is 0 Å². The number of carbonyl (C=O) groups excluding carboxylic acids is 1. The number of nitrogens with zero attached hydrogens (tertiary/aromatic N) is 3. The average molecular weight is 490 g/mol. The number of piperazine rings is 1. The minimum atomic E-state index is -3.81. The molecule has 0 radical (unpaired) electrons. The van der Waals surface area contributed by atoms with E-state index in [9.17, 15) is 17.6 Å². The van der Waals surface area contributed by atoms with Crippen LogP contribution in [0.3, 0.4) is 0 Å². The highest BCUT2D eigenvalue weighted by Gasteiger charge is 2.31. The lowest BCUT2D eigenvalue weighted by atomic mass is 10.2. The van der Waals surface area contributed by atoms with E-state index in [0.717, 1.165) is 28.0 Å². The Hall–Kier alpha value is -2.69. The van der Waals surface area contributed by atoms with Crippen LogP contribution in [0.5, 0.6) is 0 Å². The minimum Gasteiger partial charge on any atom is -0.361 e. The molecule has 2 heterocycles. The molecule has 0 spiro atoms. The molecule has 10 heteroatoms. The SMILES string of the molecule is Cc1noc(C)c1CSc1ccccc1C(=O)N1CCN(S(=O)(=O)c2cccc(F)c2)CC1. The van der Waals surface area contributed by atoms with Gasteiger partial charge in [0.05, 0.1) is 16.2 Å². The maximum atomic E-state index is 13.5. The van der Waals surface area contributed by atoms with Crippen molar-refractivity contribution in [2.75, 3.05) is 26.2 Å². The van der Waals surface area contributed by atoms with Gasteiger partial charge in [-0.2, -0.15) is 4.31 Å². The number of aryl methyl sites for hydroxylation is 2. The molecule has 33 heavy (non-hydrogen) atoms. The number of hydrogen-bond acceptors (Lipinski definition) is 6. The summed E-state index contributed by atoms with van der Waals surface area (Å²) >= 11 is 1.54. The number of hydrogen-bond donors (Lipinski definition) is 0. The first-order valence-electron chi connectivity index (χ1n) is 10.5. The summed E-state index contributed by atoms with van der Waals surface area (Å²) in [4.78, 5) is 15.7. The van der Waals surface area contributed by atoms with Crippen LogP contribution in [0.2, 0.25) is 0 Å². The minimum absolute atomic E-state index is 0.0802. The fourth-order valence-electron chi connectivity index (χ4n) is 3.71. The molecule has 3 aromatic rings. The van der Waals surface area contributed by atoms with E-state index in [0.29, 0.717) is 11.3 Å². The van der Waals surface area contributed by atoms with E-state index in [1.807, 2.05) is 32.0 Å². The van der Waals surface area contributed by atoms with Gasteiger partial charge in [0.15, 0.2) is 0 Å². The maximum absolute atomic E-state index is 13.5. The number of thioether (sulfide) groups is 1. The Morgan fingerprint density at radius 2 is 1.82 bits per heavy atom. The molecule has 7 nitrogen and oxygen atoms in total. The smallest absolute Gasteiger partial charge is 0.255 e. The third-order valence-electron chi connectivity index (χ3n) is 5.63. The van der Waals surface area contributed by atoms with E-state index in [-0.39, 0.29) is 37.0 Å². The second-order valence-corrected chi connectivity index (χ2v) is 10.7. The summed E-state index contributed by atoms with van der Waals surface area (Å²) < 4.78 is 45.7. The van der Waals surface area contributed by atoms with Crippen LogP contribution in [0.25, 0.3) is 0 Å². The number of sulfonamides is 1. The molecular weight excluding hydrogens is 465 g/mol. The van der Waals surface area contributed by atoms with Crippen LogP contribution in [-0.2, 0) is 15.8 Å². The molecule has 0 unspecified atom stereocenters. The zero-order valence-electron chi connectivity index (χ0n) is 18.3. The fourth-order valence-corrected chi connectivity index (χ4v) is 6.36. The normalized spacial score (nSPS) is 15.1. The molecular formula is C23H24FN3O4S2. The second kappa shape index (κ2) is 9.66. The fraction of sp³-hybridized carbons (Fsp3) is 0.304. The van der Waals surface area contributed by atoms with Crippen LogP contribution in [0.4, 0.5) is 4.39 Å². The van der Waals surface area contributed by atoms with Crippen molar-refractivity contribution in [2.24, 2.45) is 0 Å². The van der Waals surface area contributed by atoms with Crippen LogP contribution in [0.1, 0.15) is 27.4 Å². The lowest BCUT2D eigenvalue weighted by Gasteiger charge is -2.34. The Kier molecular flexibility index (Phi) is 6.87. The van der Waals surface area contributed by atoms with Crippen molar-refractivity contribution in [1.29, 1.82) is 0 Å². The van der Waals surface area contributed by atoms with Gasteiger partial charge < -0.3 is 9.42 Å². The summed E-state index contributed by atoms with van der Waals surface area (Å²) in [5, 5.41) is 3.97. The summed E-state index contributed by atoms with van der Waals surface area (Å²) in [6, 6.07) is 12.4. The van der Waals surface area contributed by atoms with Crippen LogP contribution in [0.15, 0.2) is 62.8 Å². The van der Waals surface area contributed by atoms with Gasteiger partial charge in [-0.25, -0.2) is 12.8 Å². The Morgan fingerprint density at radius 3 is 2.48 bits per heavy atom. The molecule has 1 aliphatic heterocycles. The van der Waals surface area contributed by atoms with E-state index in [2.05, 4.69) is 5.16 Å². The monoisotopic (exact) mass is 489 g/mol. The molecule has 0 N–H and O–H groups in total. The van der Waals surface area contributed by atoms with Crippen LogP contribution in [-0.4, -0.2) is 54.9 Å². The van der Waals surface area contributed by atoms with Gasteiger partial charge in [0.25, 0.3) is 5.91 Å². The van der Waals surface area contributed by atoms with Crippen molar-refractivity contribution in [3.05, 3.63) is 76.9 Å². The molecule has 0 bridgehead atoms. The lowest BCUT2D eigenvalue weighted by Crippen LogP contribution is -2.50. The first-order valence-corrected chi connectivity index (χ1v) is 12.9. The van der Waals surface area contributed by atoms with Crippen LogP contribution >= 0.6 is 11.8 Å². The highest BCUT2D eigenvalue weighted by atomic mass is 32.2. The molecule has 1 fully saturated rings. The third kappa shape index (κ3) is 4.97. The first kappa shape index (κ1) is 23.5. The molecule has 0 aliphatic carbocycles. The van der Waals surface area contributed by atoms with Crippen molar-refractivity contribution >= 4 is 27.7 Å². The zero-order valence-corrected chi connectivity index (χ0v) is 20.0. The standard InChI is InChI=1S/C23H24FN3O4S2/c1-16-21(17(2)31-25-16)15-32-22-9-4-3-8-20(22)23(28)26-10-12-27(13-11-26)33(29,30)19-7-5-6-18(24)14-19/h3-9,14H,10-13,15H2,1-2H3. The first-order chi connectivity index (χ1) is 15.8. The molecule has 174 valence electrons. The van der Waals surface area contributed by atoms with E-state index >= 15 is 0 Å². The van der Waals surface area contributed by atoms with Gasteiger partial charge in [-0.15, -0.1) is 11.8 Å². The van der Waals surface area contributed by atoms with Crippen LogP contribution in [0, 0.1) is 19.7 Å². The van der Waals surface area contributed by atoms with Gasteiger partial charge in [-0.3, -0.25) is 4.79 Å². The summed E-state index contributed by atoms with van der Waals surface area (Å²) in [6.45, 7) is 4.58. The molecule has 0 saturated carbocycles. The Bertz CT molecular complexity index is 1250. The molecule has 1 aliphatic rings. The molecule has 1 aromatic heterocycles. The predicted octanol–water partition coefficient (Wildman–Crippen LogP) is 3.87. The number of carbonyl (C=O) groups is 1. The van der Waals surface area contributed by atoms with Gasteiger partial charge >= 0.3 is 0 Å². The van der Waals surface area contributed by atoms with E-state index in [1.165, 1.54) is 34.3 Å². The zero-order chi connectivity index (χ0) is 23.6. The van der Waals surface area contributed by atoms with Gasteiger partial charge in [0.1, 0.15) is 11.6 Å². The number of halogens is 1. The molecule has 4 rings (SSSR count). The molecule has 2 aromatic carbocycles. The summed E-state index contributed by atoms with van der Waals surface area (Å²) in [5.74, 6) is 0.653. The van der Waals surface area contributed by atoms with Gasteiger partial charge in [-0.1, -0.05) is 23.4 Å². The third-order valence-corrected chi connectivity index (χ3v) is 8.63. The van der Waals surface area contributed by atoms with Crippen molar-refractivity contribution in [2.45, 2.75) is 29.4 Å². The largest absolute Gasteiger partial charge is 0.361 e. The lowest BCUT2D eigenvalue weighted by molar-refractivity contribution is 0.0694. The number of benzene rings is 2. The highest BCUT2D eigenvalue weighted by Crippen LogP contribution is 2.30. The van der Waals surface area contributed by atoms with Crippen molar-refractivity contribution in [1.82, 2.24) is 14.4 Å². The Labute approximate surface area is 196 Å².